The predicted molar refractivity (Wildman–Crippen MR) is 83.4 cm³/mol. The van der Waals surface area contributed by atoms with E-state index in [0.717, 1.165) is 11.4 Å². The maximum atomic E-state index is 12.0. The first-order chi connectivity index (χ1) is 10.2. The summed E-state index contributed by atoms with van der Waals surface area (Å²) in [6.45, 7) is 8.58. The summed E-state index contributed by atoms with van der Waals surface area (Å²) in [4.78, 5) is 29.4. The van der Waals surface area contributed by atoms with Gasteiger partial charge in [-0.1, -0.05) is 0 Å². The molecule has 1 N–H and O–H groups in total. The van der Waals surface area contributed by atoms with E-state index in [1.54, 1.807) is 11.8 Å². The highest BCUT2D eigenvalue weighted by Gasteiger charge is 2.30. The van der Waals surface area contributed by atoms with E-state index in [2.05, 4.69) is 4.98 Å². The van der Waals surface area contributed by atoms with Crippen LogP contribution in [-0.4, -0.2) is 45.7 Å². The monoisotopic (exact) mass is 326 g/mol. The number of carboxylic acids is 1. The molecule has 1 saturated heterocycles. The number of aromatic carboxylic acids is 1. The van der Waals surface area contributed by atoms with E-state index in [0.29, 0.717) is 36.0 Å². The van der Waals surface area contributed by atoms with Crippen molar-refractivity contribution in [1.29, 1.82) is 0 Å². The van der Waals surface area contributed by atoms with Crippen LogP contribution >= 0.6 is 11.3 Å². The number of carboxylic acid groups (broad SMARTS) is 1. The molecule has 6 nitrogen and oxygen atoms in total. The van der Waals surface area contributed by atoms with E-state index >= 15 is 0 Å². The van der Waals surface area contributed by atoms with Gasteiger partial charge in [-0.3, -0.25) is 0 Å². The summed E-state index contributed by atoms with van der Waals surface area (Å²) >= 11 is 1.23. The van der Waals surface area contributed by atoms with Crippen molar-refractivity contribution in [1.82, 2.24) is 9.88 Å². The SMILES string of the molecule is Cc1nc(CC2CCN(C(=O)OC(C)(C)C)C2)sc1C(=O)O. The Hall–Kier alpha value is -1.63. The highest BCUT2D eigenvalue weighted by molar-refractivity contribution is 7.13. The lowest BCUT2D eigenvalue weighted by Gasteiger charge is -2.24. The van der Waals surface area contributed by atoms with Crippen molar-refractivity contribution in [3.8, 4) is 0 Å². The van der Waals surface area contributed by atoms with Gasteiger partial charge in [0.05, 0.1) is 10.7 Å². The molecule has 0 bridgehead atoms. The molecule has 1 aliphatic rings. The Morgan fingerprint density at radius 3 is 2.68 bits per heavy atom. The number of thiazole rings is 1. The summed E-state index contributed by atoms with van der Waals surface area (Å²) in [6, 6.07) is 0. The summed E-state index contributed by atoms with van der Waals surface area (Å²) in [7, 11) is 0. The second kappa shape index (κ2) is 6.24. The predicted octanol–water partition coefficient (Wildman–Crippen LogP) is 2.95. The molecule has 7 heteroatoms. The molecule has 0 radical (unpaired) electrons. The number of carbonyl (C=O) groups is 2. The van der Waals surface area contributed by atoms with E-state index in [1.807, 2.05) is 20.8 Å². The number of aromatic nitrogens is 1. The first kappa shape index (κ1) is 16.7. The number of likely N-dealkylation sites (tertiary alicyclic amines) is 1. The minimum atomic E-state index is -0.928. The van der Waals surface area contributed by atoms with Crippen molar-refractivity contribution in [2.75, 3.05) is 13.1 Å². The first-order valence-corrected chi connectivity index (χ1v) is 8.15. The molecule has 0 spiro atoms. The summed E-state index contributed by atoms with van der Waals surface area (Å²) in [5.41, 5.74) is 0.0762. The molecule has 122 valence electrons. The zero-order chi connectivity index (χ0) is 16.5. The molecular weight excluding hydrogens is 304 g/mol. The molecule has 2 heterocycles. The standard InChI is InChI=1S/C15H22N2O4S/c1-9-12(13(18)19)22-11(16-9)7-10-5-6-17(8-10)14(20)21-15(2,3)4/h10H,5-8H2,1-4H3,(H,18,19). The van der Waals surface area contributed by atoms with Crippen LogP contribution in [0.5, 0.6) is 0 Å². The van der Waals surface area contributed by atoms with Gasteiger partial charge in [0.1, 0.15) is 10.5 Å². The third-order valence-electron chi connectivity index (χ3n) is 3.44. The van der Waals surface area contributed by atoms with Crippen molar-refractivity contribution < 1.29 is 19.4 Å². The van der Waals surface area contributed by atoms with Gasteiger partial charge in [-0.05, 0) is 40.0 Å². The smallest absolute Gasteiger partial charge is 0.410 e. The summed E-state index contributed by atoms with van der Waals surface area (Å²) in [5, 5.41) is 9.89. The van der Waals surface area contributed by atoms with Crippen molar-refractivity contribution in [3.63, 3.8) is 0 Å². The Morgan fingerprint density at radius 2 is 2.14 bits per heavy atom. The fourth-order valence-electron chi connectivity index (χ4n) is 2.48. The lowest BCUT2D eigenvalue weighted by molar-refractivity contribution is 0.0288. The topological polar surface area (TPSA) is 79.7 Å². The van der Waals surface area contributed by atoms with Crippen LogP contribution in [0.3, 0.4) is 0 Å². The Morgan fingerprint density at radius 1 is 1.45 bits per heavy atom. The Kier molecular flexibility index (Phi) is 4.75. The van der Waals surface area contributed by atoms with Crippen molar-refractivity contribution >= 4 is 23.4 Å². The zero-order valence-electron chi connectivity index (χ0n) is 13.4. The van der Waals surface area contributed by atoms with Gasteiger partial charge in [0, 0.05) is 19.5 Å². The molecule has 2 rings (SSSR count). The third-order valence-corrected chi connectivity index (χ3v) is 4.60. The molecule has 1 fully saturated rings. The number of hydrogen-bond donors (Lipinski definition) is 1. The van der Waals surface area contributed by atoms with E-state index in [9.17, 15) is 9.59 Å². The minimum absolute atomic E-state index is 0.281. The normalized spacial score (nSPS) is 18.5. The van der Waals surface area contributed by atoms with Gasteiger partial charge in [0.25, 0.3) is 0 Å². The van der Waals surface area contributed by atoms with Crippen LogP contribution in [-0.2, 0) is 11.2 Å². The number of amides is 1. The van der Waals surface area contributed by atoms with Crippen LogP contribution in [0.25, 0.3) is 0 Å². The third kappa shape index (κ3) is 4.19. The van der Waals surface area contributed by atoms with Gasteiger partial charge in [0.15, 0.2) is 0 Å². The maximum absolute atomic E-state index is 12.0. The van der Waals surface area contributed by atoms with E-state index in [1.165, 1.54) is 11.3 Å². The Labute approximate surface area is 134 Å². The van der Waals surface area contributed by atoms with E-state index < -0.39 is 11.6 Å². The maximum Gasteiger partial charge on any atom is 0.410 e. The molecule has 1 aliphatic heterocycles. The minimum Gasteiger partial charge on any atom is -0.477 e. The number of rotatable bonds is 3. The average Bonchev–Trinajstić information content (AvgIpc) is 2.94. The van der Waals surface area contributed by atoms with Gasteiger partial charge in [-0.15, -0.1) is 11.3 Å². The number of ether oxygens (including phenoxy) is 1. The summed E-state index contributed by atoms with van der Waals surface area (Å²) in [6.07, 6.45) is 1.31. The van der Waals surface area contributed by atoms with Gasteiger partial charge in [0.2, 0.25) is 0 Å². The van der Waals surface area contributed by atoms with Crippen LogP contribution < -0.4 is 0 Å². The summed E-state index contributed by atoms with van der Waals surface area (Å²) in [5.74, 6) is -0.622. The number of carbonyl (C=O) groups excluding carboxylic acids is 1. The van der Waals surface area contributed by atoms with Crippen molar-refractivity contribution in [3.05, 3.63) is 15.6 Å². The second-order valence-electron chi connectivity index (χ2n) is 6.61. The lowest BCUT2D eigenvalue weighted by atomic mass is 10.1. The highest BCUT2D eigenvalue weighted by Crippen LogP contribution is 2.26. The fraction of sp³-hybridized carbons (Fsp3) is 0.667. The van der Waals surface area contributed by atoms with Crippen LogP contribution in [0.4, 0.5) is 4.79 Å². The van der Waals surface area contributed by atoms with Gasteiger partial charge in [-0.25, -0.2) is 14.6 Å². The molecule has 1 aromatic rings. The van der Waals surface area contributed by atoms with Crippen LogP contribution in [0.2, 0.25) is 0 Å². The van der Waals surface area contributed by atoms with E-state index in [4.69, 9.17) is 9.84 Å². The van der Waals surface area contributed by atoms with Crippen LogP contribution in [0.1, 0.15) is 47.6 Å². The molecule has 1 atom stereocenters. The highest BCUT2D eigenvalue weighted by atomic mass is 32.1. The number of aryl methyl sites for hydroxylation is 1. The van der Waals surface area contributed by atoms with E-state index in [-0.39, 0.29) is 6.09 Å². The first-order valence-electron chi connectivity index (χ1n) is 7.33. The number of hydrogen-bond acceptors (Lipinski definition) is 5. The van der Waals surface area contributed by atoms with Crippen LogP contribution in [0.15, 0.2) is 0 Å². The van der Waals surface area contributed by atoms with Crippen molar-refractivity contribution in [2.45, 2.75) is 46.1 Å². The van der Waals surface area contributed by atoms with Gasteiger partial charge < -0.3 is 14.7 Å². The molecule has 1 unspecified atom stereocenters. The van der Waals surface area contributed by atoms with Crippen molar-refractivity contribution in [2.24, 2.45) is 5.92 Å². The van der Waals surface area contributed by atoms with Crippen LogP contribution in [0, 0.1) is 12.8 Å². The fourth-order valence-corrected chi connectivity index (χ4v) is 3.49. The Bertz CT molecular complexity index is 577. The Balaban J connectivity index is 1.92. The molecule has 1 aromatic heterocycles. The lowest BCUT2D eigenvalue weighted by Crippen LogP contribution is -2.35. The van der Waals surface area contributed by atoms with Gasteiger partial charge >= 0.3 is 12.1 Å². The molecule has 22 heavy (non-hydrogen) atoms. The second-order valence-corrected chi connectivity index (χ2v) is 7.70. The number of nitrogens with zero attached hydrogens (tertiary/aromatic N) is 2. The molecule has 0 aliphatic carbocycles. The average molecular weight is 326 g/mol. The summed E-state index contributed by atoms with van der Waals surface area (Å²) < 4.78 is 5.37. The zero-order valence-corrected chi connectivity index (χ0v) is 14.2. The molecule has 0 saturated carbocycles. The van der Waals surface area contributed by atoms with Gasteiger partial charge in [-0.2, -0.15) is 0 Å². The molecule has 0 aromatic carbocycles. The molecule has 1 amide bonds. The molecular formula is C15H22N2O4S. The largest absolute Gasteiger partial charge is 0.477 e. The quantitative estimate of drug-likeness (QED) is 0.924.